The van der Waals surface area contributed by atoms with Crippen LogP contribution in [0.5, 0.6) is 0 Å². The monoisotopic (exact) mass is 409 g/mol. The lowest BCUT2D eigenvalue weighted by Crippen LogP contribution is -2.23. The second-order valence-electron chi connectivity index (χ2n) is 5.16. The number of amides is 1. The van der Waals surface area contributed by atoms with E-state index in [1.165, 1.54) is 24.3 Å². The third-order valence-electron chi connectivity index (χ3n) is 3.14. The van der Waals surface area contributed by atoms with Crippen LogP contribution in [0.1, 0.15) is 40.7 Å². The Morgan fingerprint density at radius 3 is 2.71 bits per heavy atom. The van der Waals surface area contributed by atoms with Crippen LogP contribution in [0.4, 0.5) is 10.8 Å². The minimum atomic E-state index is -3.45. The highest BCUT2D eigenvalue weighted by Gasteiger charge is 2.08. The summed E-state index contributed by atoms with van der Waals surface area (Å²) in [5.74, 6) is -1.52. The molecule has 3 aromatic rings. The lowest BCUT2D eigenvalue weighted by atomic mass is 10.1. The number of anilines is 2. The van der Waals surface area contributed by atoms with Crippen molar-refractivity contribution >= 4 is 28.1 Å². The summed E-state index contributed by atoms with van der Waals surface area (Å²) in [6.07, 6.45) is -8.41. The van der Waals surface area contributed by atoms with Crippen LogP contribution in [-0.4, -0.2) is 29.0 Å². The van der Waals surface area contributed by atoms with Crippen LogP contribution in [0.3, 0.4) is 0 Å². The van der Waals surface area contributed by atoms with Crippen molar-refractivity contribution in [1.29, 1.82) is 0 Å². The Balaban J connectivity index is 2.00. The van der Waals surface area contributed by atoms with Crippen molar-refractivity contribution < 1.29 is 27.7 Å². The molecule has 1 heterocycles. The van der Waals surface area contributed by atoms with E-state index in [4.69, 9.17) is 23.6 Å². The molecule has 1 atom stereocenters. The van der Waals surface area contributed by atoms with E-state index in [1.54, 1.807) is 11.4 Å². The van der Waals surface area contributed by atoms with E-state index in [0.29, 0.717) is 11.3 Å². The molecule has 0 unspecified atom stereocenters. The van der Waals surface area contributed by atoms with E-state index in [-0.39, 0.29) is 10.7 Å². The number of thiazole rings is 1. The number of rotatable bonds is 9. The predicted molar refractivity (Wildman–Crippen MR) is 113 cm³/mol. The van der Waals surface area contributed by atoms with Gasteiger partial charge in [-0.2, -0.15) is 0 Å². The van der Waals surface area contributed by atoms with Gasteiger partial charge < -0.3 is 21.5 Å². The number of aliphatic hydroxyl groups excluding tert-OH is 1. The van der Waals surface area contributed by atoms with Gasteiger partial charge in [-0.05, 0) is 36.1 Å². The average molecular weight is 410 g/mol. The maximum atomic E-state index is 12.8. The number of nitrogens with one attached hydrogen (secondary N) is 2. The maximum Gasteiger partial charge on any atom is 0.230 e. The fraction of sp³-hybridized carbons (Fsp3) is 0.238. The van der Waals surface area contributed by atoms with Gasteiger partial charge in [0.2, 0.25) is 5.91 Å². The van der Waals surface area contributed by atoms with Gasteiger partial charge in [-0.15, -0.1) is 11.3 Å². The molecular formula is C21H24N4O2S. The number of nitrogens with zero attached hydrogens (tertiary/aromatic N) is 1. The third-order valence-corrected chi connectivity index (χ3v) is 3.74. The zero-order valence-electron chi connectivity index (χ0n) is 27.3. The van der Waals surface area contributed by atoms with E-state index in [9.17, 15) is 9.90 Å². The van der Waals surface area contributed by atoms with E-state index >= 15 is 0 Å². The number of nitrogen functional groups attached to an aromatic ring is 1. The van der Waals surface area contributed by atoms with Gasteiger partial charge in [0.05, 0.1) is 25.0 Å². The first kappa shape index (κ1) is 9.17. The van der Waals surface area contributed by atoms with Crippen LogP contribution < -0.4 is 16.4 Å². The summed E-state index contributed by atoms with van der Waals surface area (Å²) in [6, 6.07) is 2.93. The number of carbonyl (C=O) groups is 1. The topological polar surface area (TPSA) is 100 Å². The summed E-state index contributed by atoms with van der Waals surface area (Å²) in [7, 11) is 0. The van der Waals surface area contributed by atoms with E-state index in [0.717, 1.165) is 0 Å². The van der Waals surface area contributed by atoms with Crippen molar-refractivity contribution in [1.82, 2.24) is 10.3 Å². The number of benzene rings is 2. The number of hydrogen-bond donors (Lipinski definition) is 4. The highest BCUT2D eigenvalue weighted by Crippen LogP contribution is 2.14. The molecule has 3 rings (SSSR count). The van der Waals surface area contributed by atoms with Gasteiger partial charge in [-0.25, -0.2) is 4.98 Å². The number of aromatic nitrogens is 1. The lowest BCUT2D eigenvalue weighted by Gasteiger charge is -2.12. The van der Waals surface area contributed by atoms with Gasteiger partial charge in [0.25, 0.3) is 0 Å². The van der Waals surface area contributed by atoms with Crippen molar-refractivity contribution in [2.75, 3.05) is 24.0 Å². The molecule has 7 heteroatoms. The Morgan fingerprint density at radius 2 is 2.04 bits per heavy atom. The first-order valence-electron chi connectivity index (χ1n) is 14.3. The number of carbonyl (C=O) groups excluding carboxylic acids is 1. The smallest absolute Gasteiger partial charge is 0.230 e. The molecule has 0 bridgehead atoms. The maximum absolute atomic E-state index is 12.8. The Kier molecular flexibility index (Phi) is 3.27. The van der Waals surface area contributed by atoms with Crippen molar-refractivity contribution in [2.24, 2.45) is 0 Å². The minimum Gasteiger partial charge on any atom is -0.387 e. The number of nitrogens with two attached hydrogens (primary N) is 1. The molecule has 0 radical (unpaired) electrons. The Bertz CT molecular complexity index is 1440. The van der Waals surface area contributed by atoms with Gasteiger partial charge in [0.1, 0.15) is 0 Å². The van der Waals surface area contributed by atoms with E-state index < -0.39 is 84.2 Å². The standard InChI is InChI=1S/C21H24N4O2S/c22-21-25-18(14-28-21)12-20(27)24-17-8-6-15(7-9-17)10-11-23-13-19(26)16-4-2-1-3-5-16/h1-9,14,19,23,26H,10-13H2,(H2,22,25)(H,24,27)/t19-/m1/s1/i6D,7D,8D,9D,10D2,11D2,12D2,13D2,14D. The Labute approximate surface area is 186 Å². The normalized spacial score (nSPS) is 20.7. The van der Waals surface area contributed by atoms with Crippen LogP contribution in [0.25, 0.3) is 0 Å². The molecule has 28 heavy (non-hydrogen) atoms. The first-order chi connectivity index (χ1) is 18.7. The molecule has 0 aliphatic carbocycles. The first-order valence-corrected chi connectivity index (χ1v) is 8.66. The highest BCUT2D eigenvalue weighted by atomic mass is 32.1. The molecule has 0 spiro atoms. The fourth-order valence-electron chi connectivity index (χ4n) is 1.92. The largest absolute Gasteiger partial charge is 0.387 e. The van der Waals surface area contributed by atoms with Gasteiger partial charge in [-0.1, -0.05) is 42.4 Å². The van der Waals surface area contributed by atoms with Crippen LogP contribution in [0, 0.1) is 0 Å². The van der Waals surface area contributed by atoms with Crippen molar-refractivity contribution in [3.8, 4) is 0 Å². The summed E-state index contributed by atoms with van der Waals surface area (Å²) < 4.78 is 107. The quantitative estimate of drug-likeness (QED) is 0.435. The number of aliphatic hydroxyl groups is 1. The van der Waals surface area contributed by atoms with Crippen LogP contribution >= 0.6 is 11.3 Å². The van der Waals surface area contributed by atoms with Gasteiger partial charge in [0, 0.05) is 28.5 Å². The molecule has 6 nitrogen and oxygen atoms in total. The van der Waals surface area contributed by atoms with Crippen molar-refractivity contribution in [3.05, 3.63) is 76.7 Å². The molecule has 0 aliphatic heterocycles. The minimum absolute atomic E-state index is 0.0449. The molecule has 1 amide bonds. The third kappa shape index (κ3) is 6.16. The lowest BCUT2D eigenvalue weighted by molar-refractivity contribution is -0.115. The second kappa shape index (κ2) is 9.98. The summed E-state index contributed by atoms with van der Waals surface area (Å²) in [6.45, 7) is -6.42. The zero-order chi connectivity index (χ0) is 31.3. The van der Waals surface area contributed by atoms with Crippen LogP contribution in [-0.2, 0) is 17.5 Å². The van der Waals surface area contributed by atoms with Crippen molar-refractivity contribution in [3.63, 3.8) is 0 Å². The molecule has 0 aliphatic rings. The predicted octanol–water partition coefficient (Wildman–Crippen LogP) is 2.77. The van der Waals surface area contributed by atoms with Crippen molar-refractivity contribution in [2.45, 2.75) is 18.8 Å². The molecule has 5 N–H and O–H groups in total. The molecule has 1 aromatic heterocycles. The summed E-state index contributed by atoms with van der Waals surface area (Å²) in [5.41, 5.74) is 2.88. The van der Waals surface area contributed by atoms with Crippen LogP contribution in [0.15, 0.2) is 59.9 Å². The molecular weight excluding hydrogens is 372 g/mol. The SMILES string of the molecule is [2H]c1sc(N)nc1C([2H])([2H])C(=O)Nc1c([2H])c([2H])c(C([2H])([2H])C([2H])([2H])NC([2H])([2H])[C@@H](O)c2ccccc2)c([2H])c1[2H]. The summed E-state index contributed by atoms with van der Waals surface area (Å²) in [5, 5.41) is 13.5. The molecule has 0 saturated heterocycles. The Hall–Kier alpha value is -2.74. The van der Waals surface area contributed by atoms with Gasteiger partial charge in [0.15, 0.2) is 5.13 Å². The summed E-state index contributed by atoms with van der Waals surface area (Å²) >= 11 is 0.596. The highest BCUT2D eigenvalue weighted by molar-refractivity contribution is 7.13. The van der Waals surface area contributed by atoms with E-state index in [2.05, 4.69) is 4.98 Å². The number of hydrogen-bond acceptors (Lipinski definition) is 6. The van der Waals surface area contributed by atoms with Crippen LogP contribution in [0.2, 0.25) is 0 Å². The zero-order valence-corrected chi connectivity index (χ0v) is 15.1. The van der Waals surface area contributed by atoms with Gasteiger partial charge in [-0.3, -0.25) is 4.79 Å². The Morgan fingerprint density at radius 1 is 1.29 bits per heavy atom. The fourth-order valence-corrected chi connectivity index (χ4v) is 2.35. The molecule has 2 aromatic carbocycles. The van der Waals surface area contributed by atoms with E-state index in [1.807, 2.05) is 5.32 Å². The second-order valence-corrected chi connectivity index (χ2v) is 5.99. The summed E-state index contributed by atoms with van der Waals surface area (Å²) in [4.78, 5) is 16.4. The molecule has 146 valence electrons. The molecule has 0 saturated carbocycles. The van der Waals surface area contributed by atoms with Gasteiger partial charge >= 0.3 is 0 Å². The average Bonchev–Trinajstić information content (AvgIpc) is 3.23. The molecule has 0 fully saturated rings.